The number of hydrogen-bond donors (Lipinski definition) is 2. The molecule has 1 saturated heterocycles. The van der Waals surface area contributed by atoms with Gasteiger partial charge in [-0.25, -0.2) is 4.79 Å². The molecule has 0 bridgehead atoms. The van der Waals surface area contributed by atoms with Crippen molar-refractivity contribution in [3.8, 4) is 0 Å². The highest BCUT2D eigenvalue weighted by Crippen LogP contribution is 2.08. The van der Waals surface area contributed by atoms with Gasteiger partial charge in [-0.2, -0.15) is 0 Å². The number of pyridine rings is 1. The number of rotatable bonds is 7. The summed E-state index contributed by atoms with van der Waals surface area (Å²) in [5.74, 6) is -0.0615. The number of ether oxygens (including phenoxy) is 1. The Morgan fingerprint density at radius 3 is 2.37 bits per heavy atom. The first-order valence-corrected chi connectivity index (χ1v) is 10.5. The van der Waals surface area contributed by atoms with Crippen molar-refractivity contribution in [1.29, 1.82) is 0 Å². The average Bonchev–Trinajstić information content (AvgIpc) is 2.77. The summed E-state index contributed by atoms with van der Waals surface area (Å²) in [7, 11) is 0. The maximum atomic E-state index is 13.1. The van der Waals surface area contributed by atoms with Crippen molar-refractivity contribution in [3.63, 3.8) is 0 Å². The van der Waals surface area contributed by atoms with E-state index in [-0.39, 0.29) is 18.4 Å². The maximum absolute atomic E-state index is 13.1. The van der Waals surface area contributed by atoms with Crippen LogP contribution >= 0.6 is 0 Å². The third kappa shape index (κ3) is 6.29. The zero-order chi connectivity index (χ0) is 21.3. The Hall–Kier alpha value is -2.93. The van der Waals surface area contributed by atoms with Crippen LogP contribution in [0.3, 0.4) is 0 Å². The molecule has 7 heteroatoms. The monoisotopic (exact) mass is 411 g/mol. The van der Waals surface area contributed by atoms with Crippen LogP contribution in [0.1, 0.15) is 25.0 Å². The lowest BCUT2D eigenvalue weighted by molar-refractivity contribution is -0.917. The number of amides is 2. The van der Waals surface area contributed by atoms with Crippen molar-refractivity contribution in [1.82, 2.24) is 15.2 Å². The summed E-state index contributed by atoms with van der Waals surface area (Å²) in [5, 5.41) is 2.77. The number of aromatic nitrogens is 1. The van der Waals surface area contributed by atoms with Crippen molar-refractivity contribution < 1.29 is 19.2 Å². The summed E-state index contributed by atoms with van der Waals surface area (Å²) in [6.45, 7) is 8.13. The summed E-state index contributed by atoms with van der Waals surface area (Å²) >= 11 is 0. The first-order chi connectivity index (χ1) is 14.5. The smallest absolute Gasteiger partial charge is 0.408 e. The lowest BCUT2D eigenvalue weighted by Crippen LogP contribution is -3.13. The van der Waals surface area contributed by atoms with E-state index >= 15 is 0 Å². The van der Waals surface area contributed by atoms with E-state index in [2.05, 4.69) is 10.3 Å². The number of hydrogen-bond acceptors (Lipinski definition) is 4. The number of piperazine rings is 1. The molecule has 2 N–H and O–H groups in total. The highest BCUT2D eigenvalue weighted by molar-refractivity contribution is 5.86. The van der Waals surface area contributed by atoms with E-state index in [0.717, 1.165) is 25.2 Å². The Morgan fingerprint density at radius 1 is 1.07 bits per heavy atom. The fourth-order valence-electron chi connectivity index (χ4n) is 3.61. The van der Waals surface area contributed by atoms with Crippen LogP contribution in [0.15, 0.2) is 54.9 Å². The van der Waals surface area contributed by atoms with E-state index in [9.17, 15) is 9.59 Å². The quantitative estimate of drug-likeness (QED) is 0.719. The molecule has 2 amide bonds. The molecule has 0 spiro atoms. The van der Waals surface area contributed by atoms with Crippen LogP contribution in [0.4, 0.5) is 4.79 Å². The third-order valence-corrected chi connectivity index (χ3v) is 5.40. The van der Waals surface area contributed by atoms with E-state index in [1.807, 2.05) is 73.6 Å². The molecular formula is C23H31N4O3+. The van der Waals surface area contributed by atoms with Gasteiger partial charge in [0.15, 0.2) is 0 Å². The van der Waals surface area contributed by atoms with Gasteiger partial charge in [-0.1, -0.05) is 44.2 Å². The Labute approximate surface area is 178 Å². The molecule has 1 aliphatic rings. The molecule has 0 aliphatic carbocycles. The van der Waals surface area contributed by atoms with Gasteiger partial charge < -0.3 is 19.9 Å². The van der Waals surface area contributed by atoms with Gasteiger partial charge in [-0.05, 0) is 23.6 Å². The summed E-state index contributed by atoms with van der Waals surface area (Å²) in [6.07, 6.45) is 3.06. The number of alkyl carbamates (subject to hydrolysis) is 1. The molecular weight excluding hydrogens is 380 g/mol. The fourth-order valence-corrected chi connectivity index (χ4v) is 3.61. The predicted octanol–water partition coefficient (Wildman–Crippen LogP) is 1.26. The van der Waals surface area contributed by atoms with Crippen LogP contribution < -0.4 is 10.2 Å². The average molecular weight is 412 g/mol. The molecule has 2 aromatic rings. The largest absolute Gasteiger partial charge is 0.445 e. The van der Waals surface area contributed by atoms with Gasteiger partial charge in [-0.3, -0.25) is 9.78 Å². The van der Waals surface area contributed by atoms with E-state index < -0.39 is 12.1 Å². The van der Waals surface area contributed by atoms with Crippen LogP contribution in [0.25, 0.3) is 0 Å². The van der Waals surface area contributed by atoms with E-state index in [1.54, 1.807) is 0 Å². The predicted molar refractivity (Wildman–Crippen MR) is 114 cm³/mol. The number of carbonyl (C=O) groups is 2. The minimum atomic E-state index is -0.588. The van der Waals surface area contributed by atoms with Crippen molar-refractivity contribution in [2.45, 2.75) is 33.0 Å². The standard InChI is InChI=1S/C23H30N4O3/c1-18(2)21(25-23(29)30-17-20-6-4-3-5-7-20)22(28)27-14-12-26(13-15-27)16-19-8-10-24-11-9-19/h3-11,18,21H,12-17H2,1-2H3,(H,25,29)/p+1/t21-/m0/s1. The molecule has 160 valence electrons. The molecule has 0 saturated carbocycles. The van der Waals surface area contributed by atoms with E-state index in [0.29, 0.717) is 13.1 Å². The lowest BCUT2D eigenvalue weighted by Gasteiger charge is -2.35. The Kier molecular flexibility index (Phi) is 7.79. The molecule has 1 aliphatic heterocycles. The first-order valence-electron chi connectivity index (χ1n) is 10.5. The molecule has 0 unspecified atom stereocenters. The minimum absolute atomic E-state index is 0.0241. The maximum Gasteiger partial charge on any atom is 0.408 e. The molecule has 1 aromatic heterocycles. The molecule has 30 heavy (non-hydrogen) atoms. The second-order valence-electron chi connectivity index (χ2n) is 8.04. The number of quaternary nitrogens is 1. The van der Waals surface area contributed by atoms with Gasteiger partial charge in [0, 0.05) is 18.0 Å². The summed E-state index contributed by atoms with van der Waals surface area (Å²) in [5.41, 5.74) is 2.16. The number of nitrogens with zero attached hydrogens (tertiary/aromatic N) is 2. The van der Waals surface area contributed by atoms with Gasteiger partial charge in [-0.15, -0.1) is 0 Å². The van der Waals surface area contributed by atoms with Gasteiger partial charge >= 0.3 is 6.09 Å². The van der Waals surface area contributed by atoms with Crippen LogP contribution in [-0.2, 0) is 22.7 Å². The van der Waals surface area contributed by atoms with E-state index in [4.69, 9.17) is 4.74 Å². The molecule has 1 atom stereocenters. The van der Waals surface area contributed by atoms with Crippen molar-refractivity contribution in [2.75, 3.05) is 26.2 Å². The minimum Gasteiger partial charge on any atom is -0.445 e. The number of benzene rings is 1. The zero-order valence-electron chi connectivity index (χ0n) is 17.7. The fraction of sp³-hybridized carbons (Fsp3) is 0.435. The molecule has 2 heterocycles. The van der Waals surface area contributed by atoms with Crippen LogP contribution in [-0.4, -0.2) is 54.1 Å². The normalized spacial score (nSPS) is 15.6. The molecule has 0 radical (unpaired) electrons. The van der Waals surface area contributed by atoms with Gasteiger partial charge in [0.2, 0.25) is 5.91 Å². The van der Waals surface area contributed by atoms with Crippen molar-refractivity contribution in [3.05, 3.63) is 66.0 Å². The molecule has 1 fully saturated rings. The number of nitrogens with one attached hydrogen (secondary N) is 2. The van der Waals surface area contributed by atoms with Crippen LogP contribution in [0, 0.1) is 5.92 Å². The SMILES string of the molecule is CC(C)[C@H](NC(=O)OCc1ccccc1)C(=O)N1CC[NH+](Cc2ccncc2)CC1. The molecule has 1 aromatic carbocycles. The summed E-state index contributed by atoms with van der Waals surface area (Å²) < 4.78 is 5.30. The van der Waals surface area contributed by atoms with Gasteiger partial charge in [0.1, 0.15) is 19.2 Å². The Morgan fingerprint density at radius 2 is 1.73 bits per heavy atom. The highest BCUT2D eigenvalue weighted by atomic mass is 16.5. The number of carbonyl (C=O) groups excluding carboxylic acids is 2. The topological polar surface area (TPSA) is 76.0 Å². The second kappa shape index (κ2) is 10.7. The summed E-state index contributed by atoms with van der Waals surface area (Å²) in [4.78, 5) is 32.7. The zero-order valence-corrected chi connectivity index (χ0v) is 17.7. The van der Waals surface area contributed by atoms with Gasteiger partial charge in [0.25, 0.3) is 0 Å². The molecule has 3 rings (SSSR count). The Balaban J connectivity index is 1.48. The second-order valence-corrected chi connectivity index (χ2v) is 8.04. The lowest BCUT2D eigenvalue weighted by atomic mass is 10.0. The Bertz CT molecular complexity index is 806. The summed E-state index contributed by atoms with van der Waals surface area (Å²) in [6, 6.07) is 13.0. The van der Waals surface area contributed by atoms with Crippen LogP contribution in [0.2, 0.25) is 0 Å². The van der Waals surface area contributed by atoms with Gasteiger partial charge in [0.05, 0.1) is 26.2 Å². The first kappa shape index (κ1) is 21.8. The van der Waals surface area contributed by atoms with E-state index in [1.165, 1.54) is 10.5 Å². The van der Waals surface area contributed by atoms with Crippen molar-refractivity contribution in [2.24, 2.45) is 5.92 Å². The van der Waals surface area contributed by atoms with Crippen molar-refractivity contribution >= 4 is 12.0 Å². The molecule has 7 nitrogen and oxygen atoms in total. The third-order valence-electron chi connectivity index (χ3n) is 5.40. The highest BCUT2D eigenvalue weighted by Gasteiger charge is 2.32. The van der Waals surface area contributed by atoms with Crippen LogP contribution in [0.5, 0.6) is 0 Å².